The summed E-state index contributed by atoms with van der Waals surface area (Å²) in [7, 11) is 0. The Morgan fingerprint density at radius 3 is 2.29 bits per heavy atom. The zero-order valence-electron chi connectivity index (χ0n) is 17.4. The van der Waals surface area contributed by atoms with Crippen LogP contribution in [0.15, 0.2) is 54.6 Å². The van der Waals surface area contributed by atoms with Gasteiger partial charge in [-0.05, 0) is 50.2 Å². The van der Waals surface area contributed by atoms with Gasteiger partial charge in [0.25, 0.3) is 11.6 Å². The van der Waals surface area contributed by atoms with E-state index in [4.69, 9.17) is 0 Å². The van der Waals surface area contributed by atoms with Crippen molar-refractivity contribution in [3.63, 3.8) is 0 Å². The average Bonchev–Trinajstić information content (AvgIpc) is 3.08. The fourth-order valence-corrected chi connectivity index (χ4v) is 4.17. The summed E-state index contributed by atoms with van der Waals surface area (Å²) in [5.41, 5.74) is 3.76. The zero-order chi connectivity index (χ0) is 22.1. The molecule has 3 aromatic rings. The molecule has 0 saturated carbocycles. The van der Waals surface area contributed by atoms with Gasteiger partial charge < -0.3 is 14.4 Å². The van der Waals surface area contributed by atoms with Crippen molar-refractivity contribution >= 4 is 17.3 Å². The van der Waals surface area contributed by atoms with E-state index in [1.807, 2.05) is 29.4 Å². The minimum absolute atomic E-state index is 0.0660. The van der Waals surface area contributed by atoms with Crippen molar-refractivity contribution in [3.8, 4) is 5.69 Å². The van der Waals surface area contributed by atoms with Crippen molar-refractivity contribution in [2.75, 3.05) is 31.1 Å². The Morgan fingerprint density at radius 2 is 1.65 bits per heavy atom. The Hall–Kier alpha value is -3.68. The van der Waals surface area contributed by atoms with Gasteiger partial charge in [-0.3, -0.25) is 14.9 Å². The third-order valence-corrected chi connectivity index (χ3v) is 5.73. The summed E-state index contributed by atoms with van der Waals surface area (Å²) in [6.45, 7) is 5.80. The van der Waals surface area contributed by atoms with Gasteiger partial charge in [0, 0.05) is 49.3 Å². The number of hydrogen-bond donors (Lipinski definition) is 0. The van der Waals surface area contributed by atoms with E-state index >= 15 is 0 Å². The van der Waals surface area contributed by atoms with Crippen molar-refractivity contribution < 1.29 is 14.1 Å². The van der Waals surface area contributed by atoms with Gasteiger partial charge in [-0.15, -0.1) is 0 Å². The predicted octanol–water partition coefficient (Wildman–Crippen LogP) is 4.10. The maximum Gasteiger partial charge on any atom is 0.292 e. The smallest absolute Gasteiger partial charge is 0.292 e. The highest BCUT2D eigenvalue weighted by Crippen LogP contribution is 2.29. The van der Waals surface area contributed by atoms with Crippen LogP contribution in [0.5, 0.6) is 0 Å². The fraction of sp³-hybridized carbons (Fsp3) is 0.261. The van der Waals surface area contributed by atoms with Crippen LogP contribution in [0, 0.1) is 29.8 Å². The second-order valence-electron chi connectivity index (χ2n) is 7.62. The Morgan fingerprint density at radius 1 is 1.00 bits per heavy atom. The lowest BCUT2D eigenvalue weighted by molar-refractivity contribution is -0.384. The summed E-state index contributed by atoms with van der Waals surface area (Å²) in [6, 6.07) is 14.7. The Kier molecular flexibility index (Phi) is 5.46. The lowest BCUT2D eigenvalue weighted by atomic mass is 10.1. The number of nitro benzene ring substituents is 1. The number of nitrogens with zero attached hydrogens (tertiary/aromatic N) is 4. The minimum Gasteiger partial charge on any atom is -0.362 e. The van der Waals surface area contributed by atoms with Crippen LogP contribution in [-0.2, 0) is 0 Å². The molecule has 1 saturated heterocycles. The number of para-hydroxylation sites is 2. The molecule has 8 heteroatoms. The number of piperazine rings is 1. The number of anilines is 1. The number of benzene rings is 2. The first-order chi connectivity index (χ1) is 14.9. The summed E-state index contributed by atoms with van der Waals surface area (Å²) >= 11 is 0. The Labute approximate surface area is 179 Å². The van der Waals surface area contributed by atoms with Crippen molar-refractivity contribution in [1.29, 1.82) is 0 Å². The number of nitro groups is 1. The molecule has 0 bridgehead atoms. The number of amides is 1. The number of rotatable bonds is 4. The van der Waals surface area contributed by atoms with E-state index in [2.05, 4.69) is 0 Å². The van der Waals surface area contributed by atoms with Crippen LogP contribution in [0.2, 0.25) is 0 Å². The average molecular weight is 422 g/mol. The molecule has 1 aromatic heterocycles. The number of aryl methyl sites for hydroxylation is 1. The van der Waals surface area contributed by atoms with Crippen LogP contribution in [0.1, 0.15) is 21.7 Å². The summed E-state index contributed by atoms with van der Waals surface area (Å²) in [4.78, 5) is 27.9. The van der Waals surface area contributed by atoms with E-state index in [0.717, 1.165) is 17.1 Å². The molecule has 0 radical (unpaired) electrons. The third kappa shape index (κ3) is 3.88. The lowest BCUT2D eigenvalue weighted by Gasteiger charge is -2.35. The molecule has 0 spiro atoms. The molecule has 2 heterocycles. The zero-order valence-corrected chi connectivity index (χ0v) is 17.4. The van der Waals surface area contributed by atoms with Crippen molar-refractivity contribution in [2.24, 2.45) is 0 Å². The minimum atomic E-state index is -0.378. The van der Waals surface area contributed by atoms with E-state index in [0.29, 0.717) is 37.4 Å². The Balaban J connectivity index is 1.52. The van der Waals surface area contributed by atoms with Gasteiger partial charge in [-0.2, -0.15) is 0 Å². The maximum absolute atomic E-state index is 13.3. The molecular weight excluding hydrogens is 399 g/mol. The van der Waals surface area contributed by atoms with Crippen LogP contribution in [0.4, 0.5) is 15.8 Å². The quantitative estimate of drug-likeness (QED) is 0.469. The molecule has 31 heavy (non-hydrogen) atoms. The third-order valence-electron chi connectivity index (χ3n) is 5.73. The standard InChI is InChI=1S/C23H23FN4O3/c1-16-15-20(17(2)27(16)19-9-7-18(24)8-10-19)23(29)26-13-11-25(12-14-26)21-5-3-4-6-22(21)28(30)31/h3-10,15H,11-14H2,1-2H3. The van der Waals surface area contributed by atoms with Gasteiger partial charge in [0.15, 0.2) is 0 Å². The second-order valence-corrected chi connectivity index (χ2v) is 7.62. The summed E-state index contributed by atoms with van der Waals surface area (Å²) in [5, 5.41) is 11.3. The molecule has 1 fully saturated rings. The number of hydrogen-bond acceptors (Lipinski definition) is 4. The highest BCUT2D eigenvalue weighted by atomic mass is 19.1. The normalized spacial score (nSPS) is 14.0. The molecule has 0 unspecified atom stereocenters. The molecule has 1 aliphatic heterocycles. The molecule has 0 aliphatic carbocycles. The molecule has 4 rings (SSSR count). The van der Waals surface area contributed by atoms with E-state index in [1.54, 1.807) is 35.2 Å². The van der Waals surface area contributed by atoms with Gasteiger partial charge in [0.1, 0.15) is 11.5 Å². The fourth-order valence-electron chi connectivity index (χ4n) is 4.17. The van der Waals surface area contributed by atoms with Crippen molar-refractivity contribution in [2.45, 2.75) is 13.8 Å². The number of halogens is 1. The molecule has 2 aromatic carbocycles. The molecule has 1 aliphatic rings. The summed E-state index contributed by atoms with van der Waals surface area (Å²) in [5.74, 6) is -0.372. The van der Waals surface area contributed by atoms with Gasteiger partial charge >= 0.3 is 0 Å². The first-order valence-corrected chi connectivity index (χ1v) is 10.1. The van der Waals surface area contributed by atoms with Gasteiger partial charge in [-0.25, -0.2) is 4.39 Å². The van der Waals surface area contributed by atoms with Crippen molar-refractivity contribution in [3.05, 3.63) is 87.5 Å². The van der Waals surface area contributed by atoms with Gasteiger partial charge in [0.05, 0.1) is 10.5 Å². The number of carbonyl (C=O) groups excluding carboxylic acids is 1. The Bertz CT molecular complexity index is 1130. The molecule has 0 atom stereocenters. The second kappa shape index (κ2) is 8.22. The molecule has 160 valence electrons. The first kappa shape index (κ1) is 20.6. The monoisotopic (exact) mass is 422 g/mol. The maximum atomic E-state index is 13.3. The van der Waals surface area contributed by atoms with Gasteiger partial charge in [-0.1, -0.05) is 12.1 Å². The van der Waals surface area contributed by atoms with E-state index in [9.17, 15) is 19.3 Å². The number of carbonyl (C=O) groups is 1. The predicted molar refractivity (Wildman–Crippen MR) is 116 cm³/mol. The molecular formula is C23H23FN4O3. The van der Waals surface area contributed by atoms with Crippen molar-refractivity contribution in [1.82, 2.24) is 9.47 Å². The van der Waals surface area contributed by atoms with Crippen LogP contribution >= 0.6 is 0 Å². The topological polar surface area (TPSA) is 71.6 Å². The van der Waals surface area contributed by atoms with Gasteiger partial charge in [0.2, 0.25) is 0 Å². The summed E-state index contributed by atoms with van der Waals surface area (Å²) < 4.78 is 15.2. The number of aromatic nitrogens is 1. The van der Waals surface area contributed by atoms with Crippen LogP contribution in [0.25, 0.3) is 5.69 Å². The largest absolute Gasteiger partial charge is 0.362 e. The SMILES string of the molecule is Cc1cc(C(=O)N2CCN(c3ccccc3[N+](=O)[O-])CC2)c(C)n1-c1ccc(F)cc1. The molecule has 1 amide bonds. The van der Waals surface area contributed by atoms with E-state index < -0.39 is 0 Å². The highest BCUT2D eigenvalue weighted by Gasteiger charge is 2.28. The first-order valence-electron chi connectivity index (χ1n) is 10.1. The van der Waals surface area contributed by atoms with E-state index in [1.165, 1.54) is 18.2 Å². The van der Waals surface area contributed by atoms with E-state index in [-0.39, 0.29) is 22.3 Å². The summed E-state index contributed by atoms with van der Waals surface area (Å²) in [6.07, 6.45) is 0. The lowest BCUT2D eigenvalue weighted by Crippen LogP contribution is -2.49. The molecule has 0 N–H and O–H groups in total. The van der Waals surface area contributed by atoms with Crippen LogP contribution in [0.3, 0.4) is 0 Å². The molecule has 7 nitrogen and oxygen atoms in total. The highest BCUT2D eigenvalue weighted by molar-refractivity contribution is 5.96. The van der Waals surface area contributed by atoms with Crippen LogP contribution in [-0.4, -0.2) is 46.5 Å². The van der Waals surface area contributed by atoms with Crippen LogP contribution < -0.4 is 4.90 Å².